The third-order valence-corrected chi connectivity index (χ3v) is 3.16. The fourth-order valence-corrected chi connectivity index (χ4v) is 2.22. The molecule has 2 aromatic rings. The normalized spacial score (nSPS) is 12.4. The van der Waals surface area contributed by atoms with Crippen LogP contribution in [0.5, 0.6) is 0 Å². The van der Waals surface area contributed by atoms with Crippen LogP contribution < -0.4 is 5.32 Å². The molecule has 4 heteroatoms. The average Bonchev–Trinajstić information content (AvgIpc) is 2.38. The summed E-state index contributed by atoms with van der Waals surface area (Å²) in [5.74, 6) is -1.84. The highest BCUT2D eigenvalue weighted by molar-refractivity contribution is 5.36. The Kier molecular flexibility index (Phi) is 4.45. The average molecular weight is 279 g/mol. The summed E-state index contributed by atoms with van der Waals surface area (Å²) in [5.41, 5.74) is 0.842. The standard InChI is InChI=1S/C16H16F3N/c1-3-20-16(11-8-7-10(2)9-14(11)19)15-12(17)5-4-6-13(15)18/h4-9,16,20H,3H2,1-2H3. The molecule has 0 amide bonds. The van der Waals surface area contributed by atoms with Gasteiger partial charge in [-0.1, -0.05) is 25.1 Å². The third-order valence-electron chi connectivity index (χ3n) is 3.16. The Balaban J connectivity index is 2.56. The van der Waals surface area contributed by atoms with Crippen LogP contribution >= 0.6 is 0 Å². The maximum atomic E-state index is 14.1. The summed E-state index contributed by atoms with van der Waals surface area (Å²) in [6.45, 7) is 4.03. The Bertz CT molecular complexity index is 590. The molecule has 0 spiro atoms. The van der Waals surface area contributed by atoms with E-state index in [1.807, 2.05) is 0 Å². The molecule has 0 saturated heterocycles. The molecule has 0 saturated carbocycles. The van der Waals surface area contributed by atoms with Crippen LogP contribution in [0.1, 0.15) is 29.7 Å². The lowest BCUT2D eigenvalue weighted by molar-refractivity contribution is 0.495. The number of aryl methyl sites for hydroxylation is 1. The first-order valence-corrected chi connectivity index (χ1v) is 6.48. The van der Waals surface area contributed by atoms with Gasteiger partial charge in [0.05, 0.1) is 6.04 Å². The molecule has 106 valence electrons. The Hall–Kier alpha value is -1.81. The molecule has 0 aliphatic carbocycles. The van der Waals surface area contributed by atoms with E-state index in [-0.39, 0.29) is 11.1 Å². The van der Waals surface area contributed by atoms with Gasteiger partial charge in [0.15, 0.2) is 0 Å². The predicted octanol–water partition coefficient (Wildman–Crippen LogP) is 4.11. The smallest absolute Gasteiger partial charge is 0.131 e. The van der Waals surface area contributed by atoms with Gasteiger partial charge in [0.2, 0.25) is 0 Å². The van der Waals surface area contributed by atoms with Crippen LogP contribution in [0.2, 0.25) is 0 Å². The van der Waals surface area contributed by atoms with Crippen molar-refractivity contribution in [2.24, 2.45) is 0 Å². The van der Waals surface area contributed by atoms with Crippen LogP contribution in [0.15, 0.2) is 36.4 Å². The summed E-state index contributed by atoms with van der Waals surface area (Å²) < 4.78 is 41.9. The van der Waals surface area contributed by atoms with Crippen LogP contribution in [0.3, 0.4) is 0 Å². The van der Waals surface area contributed by atoms with Crippen molar-refractivity contribution in [2.75, 3.05) is 6.54 Å². The van der Waals surface area contributed by atoms with Gasteiger partial charge in [0, 0.05) is 11.1 Å². The zero-order valence-corrected chi connectivity index (χ0v) is 11.4. The summed E-state index contributed by atoms with van der Waals surface area (Å²) in [6.07, 6.45) is 0. The van der Waals surface area contributed by atoms with E-state index in [9.17, 15) is 13.2 Å². The van der Waals surface area contributed by atoms with Gasteiger partial charge in [-0.2, -0.15) is 0 Å². The number of nitrogens with one attached hydrogen (secondary N) is 1. The van der Waals surface area contributed by atoms with E-state index >= 15 is 0 Å². The zero-order valence-electron chi connectivity index (χ0n) is 11.4. The molecule has 0 bridgehead atoms. The molecule has 2 rings (SSSR count). The van der Waals surface area contributed by atoms with E-state index in [1.54, 1.807) is 26.0 Å². The Morgan fingerprint density at radius 2 is 1.65 bits per heavy atom. The van der Waals surface area contributed by atoms with Gasteiger partial charge < -0.3 is 5.32 Å². The van der Waals surface area contributed by atoms with Gasteiger partial charge in [-0.3, -0.25) is 0 Å². The second-order valence-corrected chi connectivity index (χ2v) is 4.65. The molecule has 1 nitrogen and oxygen atoms in total. The van der Waals surface area contributed by atoms with Gasteiger partial charge in [-0.05, 0) is 37.2 Å². The Labute approximate surface area is 116 Å². The van der Waals surface area contributed by atoms with E-state index in [4.69, 9.17) is 0 Å². The Morgan fingerprint density at radius 1 is 1.00 bits per heavy atom. The highest BCUT2D eigenvalue weighted by Crippen LogP contribution is 2.29. The number of rotatable bonds is 4. The molecule has 1 unspecified atom stereocenters. The van der Waals surface area contributed by atoms with Crippen molar-refractivity contribution in [3.63, 3.8) is 0 Å². The van der Waals surface area contributed by atoms with Crippen molar-refractivity contribution < 1.29 is 13.2 Å². The lowest BCUT2D eigenvalue weighted by Gasteiger charge is -2.21. The largest absolute Gasteiger partial charge is 0.306 e. The first-order chi connectivity index (χ1) is 9.54. The predicted molar refractivity (Wildman–Crippen MR) is 73.0 cm³/mol. The van der Waals surface area contributed by atoms with Crippen LogP contribution in [0.4, 0.5) is 13.2 Å². The molecule has 0 radical (unpaired) electrons. The van der Waals surface area contributed by atoms with Gasteiger partial charge in [0.1, 0.15) is 17.5 Å². The molecule has 20 heavy (non-hydrogen) atoms. The van der Waals surface area contributed by atoms with E-state index in [2.05, 4.69) is 5.32 Å². The third kappa shape index (κ3) is 2.85. The highest BCUT2D eigenvalue weighted by atomic mass is 19.1. The molecule has 0 heterocycles. The maximum absolute atomic E-state index is 14.1. The summed E-state index contributed by atoms with van der Waals surface area (Å²) in [5, 5.41) is 2.94. The minimum atomic E-state index is -0.846. The van der Waals surface area contributed by atoms with E-state index in [0.717, 1.165) is 5.56 Å². The van der Waals surface area contributed by atoms with Crippen molar-refractivity contribution in [3.05, 3.63) is 70.5 Å². The summed E-state index contributed by atoms with van der Waals surface area (Å²) in [7, 11) is 0. The fourth-order valence-electron chi connectivity index (χ4n) is 2.22. The summed E-state index contributed by atoms with van der Waals surface area (Å²) in [4.78, 5) is 0. The fraction of sp³-hybridized carbons (Fsp3) is 0.250. The SMILES string of the molecule is CCNC(c1ccc(C)cc1F)c1c(F)cccc1F. The molecule has 0 aliphatic heterocycles. The van der Waals surface area contributed by atoms with E-state index in [0.29, 0.717) is 6.54 Å². The number of hydrogen-bond acceptors (Lipinski definition) is 1. The zero-order chi connectivity index (χ0) is 14.7. The first kappa shape index (κ1) is 14.6. The van der Waals surface area contributed by atoms with E-state index < -0.39 is 23.5 Å². The monoisotopic (exact) mass is 279 g/mol. The lowest BCUT2D eigenvalue weighted by Crippen LogP contribution is -2.25. The molecule has 0 aliphatic rings. The van der Waals surface area contributed by atoms with Crippen molar-refractivity contribution >= 4 is 0 Å². The van der Waals surface area contributed by atoms with Crippen LogP contribution in [0, 0.1) is 24.4 Å². The van der Waals surface area contributed by atoms with Crippen molar-refractivity contribution in [3.8, 4) is 0 Å². The molecule has 2 aromatic carbocycles. The Morgan fingerprint density at radius 3 is 2.20 bits per heavy atom. The molecule has 0 fully saturated rings. The minimum absolute atomic E-state index is 0.155. The second-order valence-electron chi connectivity index (χ2n) is 4.65. The van der Waals surface area contributed by atoms with Crippen LogP contribution in [0.25, 0.3) is 0 Å². The van der Waals surface area contributed by atoms with Gasteiger partial charge in [-0.25, -0.2) is 13.2 Å². The lowest BCUT2D eigenvalue weighted by atomic mass is 9.96. The van der Waals surface area contributed by atoms with Crippen molar-refractivity contribution in [1.82, 2.24) is 5.32 Å². The molecular weight excluding hydrogens is 263 g/mol. The van der Waals surface area contributed by atoms with Crippen LogP contribution in [-0.4, -0.2) is 6.54 Å². The minimum Gasteiger partial charge on any atom is -0.306 e. The first-order valence-electron chi connectivity index (χ1n) is 6.48. The molecule has 1 atom stereocenters. The second kappa shape index (κ2) is 6.09. The molecular formula is C16H16F3N. The summed E-state index contributed by atoms with van der Waals surface area (Å²) in [6, 6.07) is 7.44. The van der Waals surface area contributed by atoms with Crippen LogP contribution in [-0.2, 0) is 0 Å². The van der Waals surface area contributed by atoms with E-state index in [1.165, 1.54) is 24.3 Å². The number of halogens is 3. The maximum Gasteiger partial charge on any atom is 0.131 e. The van der Waals surface area contributed by atoms with Gasteiger partial charge in [0.25, 0.3) is 0 Å². The van der Waals surface area contributed by atoms with Crippen molar-refractivity contribution in [2.45, 2.75) is 19.9 Å². The number of benzene rings is 2. The topological polar surface area (TPSA) is 12.0 Å². The van der Waals surface area contributed by atoms with Gasteiger partial charge in [-0.15, -0.1) is 0 Å². The molecule has 1 N–H and O–H groups in total. The van der Waals surface area contributed by atoms with Crippen molar-refractivity contribution in [1.29, 1.82) is 0 Å². The molecule has 0 aromatic heterocycles. The number of hydrogen-bond donors (Lipinski definition) is 1. The summed E-state index contributed by atoms with van der Waals surface area (Å²) >= 11 is 0. The highest BCUT2D eigenvalue weighted by Gasteiger charge is 2.23. The van der Waals surface area contributed by atoms with Gasteiger partial charge >= 0.3 is 0 Å². The quantitative estimate of drug-likeness (QED) is 0.888.